The van der Waals surface area contributed by atoms with Crippen molar-refractivity contribution in [3.05, 3.63) is 47.3 Å². The largest absolute Gasteiger partial charge is 0.313 e. The van der Waals surface area contributed by atoms with Gasteiger partial charge in [-0.05, 0) is 57.0 Å². The van der Waals surface area contributed by atoms with E-state index < -0.39 is 0 Å². The van der Waals surface area contributed by atoms with E-state index in [1.807, 2.05) is 27.0 Å². The molecule has 1 aromatic rings. The maximum Gasteiger partial charge on any atom is 0.123 e. The molecule has 1 rings (SSSR count). The third-order valence-corrected chi connectivity index (χ3v) is 2.82. The monoisotopic (exact) mass is 221 g/mol. The third kappa shape index (κ3) is 3.46. The highest BCUT2D eigenvalue weighted by molar-refractivity contribution is 5.29. The number of rotatable bonds is 5. The van der Waals surface area contributed by atoms with Gasteiger partial charge in [0, 0.05) is 6.04 Å². The Labute approximate surface area is 97.4 Å². The number of nitrogens with one attached hydrogen (secondary N) is 1. The Kier molecular flexibility index (Phi) is 4.69. The van der Waals surface area contributed by atoms with E-state index in [-0.39, 0.29) is 11.9 Å². The van der Waals surface area contributed by atoms with Crippen LogP contribution < -0.4 is 5.32 Å². The molecule has 0 radical (unpaired) electrons. The summed E-state index contributed by atoms with van der Waals surface area (Å²) >= 11 is 0. The zero-order valence-electron chi connectivity index (χ0n) is 10.3. The van der Waals surface area contributed by atoms with Crippen LogP contribution in [-0.4, -0.2) is 7.05 Å². The highest BCUT2D eigenvalue weighted by atomic mass is 19.1. The Bertz CT molecular complexity index is 371. The Hall–Kier alpha value is -1.15. The van der Waals surface area contributed by atoms with Crippen molar-refractivity contribution < 1.29 is 4.39 Å². The highest BCUT2D eigenvalue weighted by Gasteiger charge is 2.11. The van der Waals surface area contributed by atoms with Crippen LogP contribution in [0.2, 0.25) is 0 Å². The second-order valence-corrected chi connectivity index (χ2v) is 4.34. The van der Waals surface area contributed by atoms with Gasteiger partial charge < -0.3 is 5.32 Å². The fourth-order valence-electron chi connectivity index (χ4n) is 1.88. The lowest BCUT2D eigenvalue weighted by molar-refractivity contribution is 0.543. The summed E-state index contributed by atoms with van der Waals surface area (Å²) in [5, 5.41) is 3.27. The quantitative estimate of drug-likeness (QED) is 0.747. The third-order valence-electron chi connectivity index (χ3n) is 2.82. The van der Waals surface area contributed by atoms with Gasteiger partial charge in [0.25, 0.3) is 0 Å². The van der Waals surface area contributed by atoms with Crippen molar-refractivity contribution in [3.63, 3.8) is 0 Å². The standard InChI is InChI=1S/C14H20FN/c1-10(2)5-8-14(16-4)13-7-6-12(15)9-11(13)3/h6-7,9,14,16H,1,5,8H2,2-4H3. The SMILES string of the molecule is C=C(C)CCC(NC)c1ccc(F)cc1C. The zero-order valence-corrected chi connectivity index (χ0v) is 10.3. The topological polar surface area (TPSA) is 12.0 Å². The predicted molar refractivity (Wildman–Crippen MR) is 67.0 cm³/mol. The molecular weight excluding hydrogens is 201 g/mol. The molecule has 0 aromatic heterocycles. The first kappa shape index (κ1) is 12.9. The van der Waals surface area contributed by atoms with Crippen LogP contribution in [0.4, 0.5) is 4.39 Å². The van der Waals surface area contributed by atoms with Gasteiger partial charge in [0.1, 0.15) is 5.82 Å². The Morgan fingerprint density at radius 3 is 2.69 bits per heavy atom. The lowest BCUT2D eigenvalue weighted by atomic mass is 9.96. The van der Waals surface area contributed by atoms with E-state index in [4.69, 9.17) is 0 Å². The van der Waals surface area contributed by atoms with E-state index in [9.17, 15) is 4.39 Å². The Morgan fingerprint density at radius 2 is 2.19 bits per heavy atom. The summed E-state index contributed by atoms with van der Waals surface area (Å²) in [5.74, 6) is -0.170. The molecule has 1 unspecified atom stereocenters. The highest BCUT2D eigenvalue weighted by Crippen LogP contribution is 2.23. The summed E-state index contributed by atoms with van der Waals surface area (Å²) in [5.41, 5.74) is 3.35. The minimum Gasteiger partial charge on any atom is -0.313 e. The van der Waals surface area contributed by atoms with Crippen LogP contribution >= 0.6 is 0 Å². The van der Waals surface area contributed by atoms with Crippen molar-refractivity contribution in [1.29, 1.82) is 0 Å². The van der Waals surface area contributed by atoms with Crippen molar-refractivity contribution >= 4 is 0 Å². The molecular formula is C14H20FN. The molecule has 0 aliphatic carbocycles. The average Bonchev–Trinajstić information content (AvgIpc) is 2.21. The number of hydrogen-bond donors (Lipinski definition) is 1. The van der Waals surface area contributed by atoms with Crippen LogP contribution in [-0.2, 0) is 0 Å². The van der Waals surface area contributed by atoms with Crippen LogP contribution in [0, 0.1) is 12.7 Å². The van der Waals surface area contributed by atoms with Crippen LogP contribution in [0.5, 0.6) is 0 Å². The molecule has 1 atom stereocenters. The minimum absolute atomic E-state index is 0.170. The van der Waals surface area contributed by atoms with Crippen molar-refractivity contribution in [2.45, 2.75) is 32.7 Å². The summed E-state index contributed by atoms with van der Waals surface area (Å²) in [6.45, 7) is 7.88. The molecule has 0 spiro atoms. The molecule has 0 fully saturated rings. The lowest BCUT2D eigenvalue weighted by Crippen LogP contribution is -2.17. The lowest BCUT2D eigenvalue weighted by Gasteiger charge is -2.19. The van der Waals surface area contributed by atoms with Gasteiger partial charge in [0.15, 0.2) is 0 Å². The first-order valence-electron chi connectivity index (χ1n) is 5.62. The maximum absolute atomic E-state index is 13.0. The van der Waals surface area contributed by atoms with Crippen LogP contribution in [0.25, 0.3) is 0 Å². The first-order chi connectivity index (χ1) is 7.54. The van der Waals surface area contributed by atoms with E-state index >= 15 is 0 Å². The van der Waals surface area contributed by atoms with Gasteiger partial charge in [-0.3, -0.25) is 0 Å². The molecule has 1 N–H and O–H groups in total. The zero-order chi connectivity index (χ0) is 12.1. The van der Waals surface area contributed by atoms with Gasteiger partial charge in [-0.15, -0.1) is 6.58 Å². The maximum atomic E-state index is 13.0. The molecule has 88 valence electrons. The van der Waals surface area contributed by atoms with Crippen molar-refractivity contribution in [2.75, 3.05) is 7.05 Å². The molecule has 0 aliphatic rings. The van der Waals surface area contributed by atoms with Crippen LogP contribution in [0.15, 0.2) is 30.4 Å². The van der Waals surface area contributed by atoms with Gasteiger partial charge in [-0.1, -0.05) is 11.6 Å². The second kappa shape index (κ2) is 5.80. The average molecular weight is 221 g/mol. The second-order valence-electron chi connectivity index (χ2n) is 4.34. The molecule has 0 saturated carbocycles. The molecule has 0 bridgehead atoms. The van der Waals surface area contributed by atoms with Crippen molar-refractivity contribution in [1.82, 2.24) is 5.32 Å². The first-order valence-corrected chi connectivity index (χ1v) is 5.62. The predicted octanol–water partition coefficient (Wildman–Crippen LogP) is 3.75. The Morgan fingerprint density at radius 1 is 1.50 bits per heavy atom. The summed E-state index contributed by atoms with van der Waals surface area (Å²) in [7, 11) is 1.94. The van der Waals surface area contributed by atoms with Crippen LogP contribution in [0.1, 0.15) is 36.9 Å². The number of halogens is 1. The van der Waals surface area contributed by atoms with E-state index in [1.165, 1.54) is 17.2 Å². The van der Waals surface area contributed by atoms with Gasteiger partial charge >= 0.3 is 0 Å². The normalized spacial score (nSPS) is 12.5. The van der Waals surface area contributed by atoms with Crippen molar-refractivity contribution in [2.24, 2.45) is 0 Å². The van der Waals surface area contributed by atoms with E-state index in [0.717, 1.165) is 18.4 Å². The van der Waals surface area contributed by atoms with E-state index in [1.54, 1.807) is 6.07 Å². The number of aryl methyl sites for hydroxylation is 1. The van der Waals surface area contributed by atoms with E-state index in [0.29, 0.717) is 0 Å². The molecule has 0 amide bonds. The fourth-order valence-corrected chi connectivity index (χ4v) is 1.88. The number of hydrogen-bond acceptors (Lipinski definition) is 1. The molecule has 2 heteroatoms. The minimum atomic E-state index is -0.170. The molecule has 0 saturated heterocycles. The van der Waals surface area contributed by atoms with Gasteiger partial charge in [0.2, 0.25) is 0 Å². The molecule has 1 nitrogen and oxygen atoms in total. The fraction of sp³-hybridized carbons (Fsp3) is 0.429. The summed E-state index contributed by atoms with van der Waals surface area (Å²) < 4.78 is 13.0. The van der Waals surface area contributed by atoms with Crippen molar-refractivity contribution in [3.8, 4) is 0 Å². The summed E-state index contributed by atoms with van der Waals surface area (Å²) in [6, 6.07) is 5.25. The number of allylic oxidation sites excluding steroid dienone is 1. The van der Waals surface area contributed by atoms with Gasteiger partial charge in [-0.25, -0.2) is 4.39 Å². The van der Waals surface area contributed by atoms with Gasteiger partial charge in [-0.2, -0.15) is 0 Å². The number of benzene rings is 1. The molecule has 0 aliphatic heterocycles. The molecule has 1 aromatic carbocycles. The summed E-state index contributed by atoms with van der Waals surface area (Å²) in [4.78, 5) is 0. The van der Waals surface area contributed by atoms with Gasteiger partial charge in [0.05, 0.1) is 0 Å². The summed E-state index contributed by atoms with van der Waals surface area (Å²) in [6.07, 6.45) is 1.99. The van der Waals surface area contributed by atoms with Crippen LogP contribution in [0.3, 0.4) is 0 Å². The Balaban J connectivity index is 2.82. The molecule has 16 heavy (non-hydrogen) atoms. The van der Waals surface area contributed by atoms with E-state index in [2.05, 4.69) is 11.9 Å². The molecule has 0 heterocycles. The smallest absolute Gasteiger partial charge is 0.123 e.